The van der Waals surface area contributed by atoms with Gasteiger partial charge in [0.15, 0.2) is 15.6 Å². The zero-order valence-electron chi connectivity index (χ0n) is 20.6. The number of rotatable bonds is 9. The van der Waals surface area contributed by atoms with Crippen LogP contribution >= 0.6 is 11.6 Å². The minimum atomic E-state index is -3.46. The molecule has 2 aliphatic rings. The van der Waals surface area contributed by atoms with Gasteiger partial charge in [-0.2, -0.15) is 0 Å². The number of benzene rings is 3. The molecule has 0 bridgehead atoms. The summed E-state index contributed by atoms with van der Waals surface area (Å²) in [6, 6.07) is 22.7. The van der Waals surface area contributed by atoms with Gasteiger partial charge in [-0.1, -0.05) is 83.5 Å². The summed E-state index contributed by atoms with van der Waals surface area (Å²) >= 11 is 6.38. The SMILES string of the molecule is O=C(O)C1(c2ccc(-c3ccc(-c4oncc4CS(=O)(=O)CC4(c5ccccc5Cl)CC4)cc3)cc2)CC1. The molecule has 6 rings (SSSR count). The fourth-order valence-corrected chi connectivity index (χ4v) is 7.79. The van der Waals surface area contributed by atoms with Crippen molar-refractivity contribution in [1.82, 2.24) is 5.16 Å². The molecule has 0 amide bonds. The van der Waals surface area contributed by atoms with Crippen LogP contribution in [-0.2, 0) is 31.2 Å². The van der Waals surface area contributed by atoms with Crippen LogP contribution in [0.4, 0.5) is 0 Å². The van der Waals surface area contributed by atoms with E-state index in [0.717, 1.165) is 40.7 Å². The first-order valence-electron chi connectivity index (χ1n) is 12.6. The molecule has 0 radical (unpaired) electrons. The van der Waals surface area contributed by atoms with E-state index < -0.39 is 26.6 Å². The van der Waals surface area contributed by atoms with Gasteiger partial charge >= 0.3 is 5.97 Å². The van der Waals surface area contributed by atoms with Crippen molar-refractivity contribution < 1.29 is 22.8 Å². The van der Waals surface area contributed by atoms with Gasteiger partial charge in [0.2, 0.25) is 0 Å². The molecule has 38 heavy (non-hydrogen) atoms. The van der Waals surface area contributed by atoms with Gasteiger partial charge in [-0.15, -0.1) is 0 Å². The minimum Gasteiger partial charge on any atom is -0.481 e. The van der Waals surface area contributed by atoms with E-state index in [1.54, 1.807) is 6.07 Å². The molecular formula is C30H26ClNO5S. The Balaban J connectivity index is 1.19. The van der Waals surface area contributed by atoms with Gasteiger partial charge in [0.25, 0.3) is 0 Å². The highest BCUT2D eigenvalue weighted by molar-refractivity contribution is 7.90. The lowest BCUT2D eigenvalue weighted by Crippen LogP contribution is -2.22. The van der Waals surface area contributed by atoms with Gasteiger partial charge in [0.05, 0.1) is 23.1 Å². The van der Waals surface area contributed by atoms with Crippen LogP contribution in [0.3, 0.4) is 0 Å². The Labute approximate surface area is 226 Å². The second-order valence-electron chi connectivity index (χ2n) is 10.5. The van der Waals surface area contributed by atoms with E-state index in [2.05, 4.69) is 5.16 Å². The van der Waals surface area contributed by atoms with Crippen LogP contribution < -0.4 is 0 Å². The van der Waals surface area contributed by atoms with Crippen molar-refractivity contribution in [3.8, 4) is 22.5 Å². The zero-order chi connectivity index (χ0) is 26.5. The predicted octanol–water partition coefficient (Wildman–Crippen LogP) is 6.42. The Morgan fingerprint density at radius 1 is 0.895 bits per heavy atom. The first-order valence-corrected chi connectivity index (χ1v) is 14.8. The Kier molecular flexibility index (Phi) is 5.96. The normalized spacial score (nSPS) is 17.2. The van der Waals surface area contributed by atoms with E-state index in [4.69, 9.17) is 16.1 Å². The van der Waals surface area contributed by atoms with Crippen LogP contribution in [0, 0.1) is 0 Å². The van der Waals surface area contributed by atoms with Crippen molar-refractivity contribution in [3.05, 3.63) is 101 Å². The summed E-state index contributed by atoms with van der Waals surface area (Å²) in [7, 11) is -3.46. The third-order valence-corrected chi connectivity index (χ3v) is 9.96. The summed E-state index contributed by atoms with van der Waals surface area (Å²) in [5, 5.41) is 14.0. The summed E-state index contributed by atoms with van der Waals surface area (Å²) in [6.07, 6.45) is 4.42. The monoisotopic (exact) mass is 547 g/mol. The maximum atomic E-state index is 13.3. The number of aliphatic carboxylic acids is 1. The molecule has 6 nitrogen and oxygen atoms in total. The second-order valence-corrected chi connectivity index (χ2v) is 13.0. The van der Waals surface area contributed by atoms with Crippen LogP contribution in [0.2, 0.25) is 5.02 Å². The highest BCUT2D eigenvalue weighted by Gasteiger charge is 2.51. The number of hydrogen-bond donors (Lipinski definition) is 1. The molecule has 3 aromatic carbocycles. The van der Waals surface area contributed by atoms with Crippen molar-refractivity contribution in [2.75, 3.05) is 5.75 Å². The molecule has 2 saturated carbocycles. The van der Waals surface area contributed by atoms with E-state index in [1.807, 2.05) is 66.7 Å². The lowest BCUT2D eigenvalue weighted by Gasteiger charge is -2.17. The predicted molar refractivity (Wildman–Crippen MR) is 146 cm³/mol. The van der Waals surface area contributed by atoms with E-state index in [0.29, 0.717) is 29.2 Å². The smallest absolute Gasteiger partial charge is 0.314 e. The van der Waals surface area contributed by atoms with Gasteiger partial charge in [-0.3, -0.25) is 4.79 Å². The largest absolute Gasteiger partial charge is 0.481 e. The lowest BCUT2D eigenvalue weighted by molar-refractivity contribution is -0.140. The average molecular weight is 548 g/mol. The van der Waals surface area contributed by atoms with Gasteiger partial charge < -0.3 is 9.63 Å². The van der Waals surface area contributed by atoms with Crippen LogP contribution in [0.1, 0.15) is 42.4 Å². The first kappa shape index (κ1) is 24.9. The van der Waals surface area contributed by atoms with Gasteiger partial charge in [-0.25, -0.2) is 8.42 Å². The molecule has 0 atom stereocenters. The summed E-state index contributed by atoms with van der Waals surface area (Å²) in [5.41, 5.74) is 3.78. The molecule has 2 aliphatic carbocycles. The third-order valence-electron chi connectivity index (χ3n) is 7.89. The Hall–Kier alpha value is -3.42. The molecule has 4 aromatic rings. The molecule has 0 spiro atoms. The summed E-state index contributed by atoms with van der Waals surface area (Å²) in [6.45, 7) is 0. The Morgan fingerprint density at radius 3 is 2.08 bits per heavy atom. The van der Waals surface area contributed by atoms with Gasteiger partial charge in [-0.05, 0) is 54.0 Å². The molecular weight excluding hydrogens is 522 g/mol. The van der Waals surface area contributed by atoms with Crippen molar-refractivity contribution in [1.29, 1.82) is 0 Å². The topological polar surface area (TPSA) is 97.5 Å². The number of sulfone groups is 1. The lowest BCUT2D eigenvalue weighted by atomic mass is 9.93. The van der Waals surface area contributed by atoms with Gasteiger partial charge in [0.1, 0.15) is 0 Å². The van der Waals surface area contributed by atoms with E-state index in [1.165, 1.54) is 6.20 Å². The fourth-order valence-electron chi connectivity index (χ4n) is 5.39. The van der Waals surface area contributed by atoms with Crippen molar-refractivity contribution >= 4 is 27.4 Å². The molecule has 1 aromatic heterocycles. The molecule has 0 saturated heterocycles. The molecule has 1 heterocycles. The van der Waals surface area contributed by atoms with Crippen LogP contribution in [0.25, 0.3) is 22.5 Å². The molecule has 8 heteroatoms. The van der Waals surface area contributed by atoms with Gasteiger partial charge in [0, 0.05) is 21.6 Å². The Bertz CT molecular complexity index is 1620. The maximum Gasteiger partial charge on any atom is 0.314 e. The molecule has 0 aliphatic heterocycles. The molecule has 0 unspecified atom stereocenters. The number of carboxylic acid groups (broad SMARTS) is 1. The summed E-state index contributed by atoms with van der Waals surface area (Å²) < 4.78 is 32.0. The zero-order valence-corrected chi connectivity index (χ0v) is 22.1. The number of hydrogen-bond acceptors (Lipinski definition) is 5. The standard InChI is InChI=1S/C30H26ClNO5S/c31-26-4-2-1-3-25(26)29(13-14-29)19-38(35,36)18-23-17-32-37-27(23)22-7-5-20(6-8-22)21-9-11-24(12-10-21)30(15-16-30)28(33)34/h1-12,17H,13-16,18-19H2,(H,33,34). The molecule has 2 fully saturated rings. The van der Waals surface area contributed by atoms with Crippen molar-refractivity contribution in [3.63, 3.8) is 0 Å². The number of carboxylic acids is 1. The quantitative estimate of drug-likeness (QED) is 0.259. The van der Waals surface area contributed by atoms with Crippen LogP contribution in [-0.4, -0.2) is 30.4 Å². The minimum absolute atomic E-state index is 0.0342. The highest BCUT2D eigenvalue weighted by atomic mass is 35.5. The first-order chi connectivity index (χ1) is 18.2. The van der Waals surface area contributed by atoms with Crippen molar-refractivity contribution in [2.45, 2.75) is 42.3 Å². The van der Waals surface area contributed by atoms with E-state index >= 15 is 0 Å². The van der Waals surface area contributed by atoms with E-state index in [-0.39, 0.29) is 11.5 Å². The average Bonchev–Trinajstić information content (AvgIpc) is 3.82. The number of nitrogens with zero attached hydrogens (tertiary/aromatic N) is 1. The molecule has 1 N–H and O–H groups in total. The third kappa shape index (κ3) is 4.54. The molecule has 194 valence electrons. The van der Waals surface area contributed by atoms with E-state index in [9.17, 15) is 18.3 Å². The highest BCUT2D eigenvalue weighted by Crippen LogP contribution is 2.52. The second kappa shape index (κ2) is 9.10. The number of aromatic nitrogens is 1. The number of carbonyl (C=O) groups is 1. The Morgan fingerprint density at radius 2 is 1.50 bits per heavy atom. The summed E-state index contributed by atoms with van der Waals surface area (Å²) in [4.78, 5) is 11.6. The van der Waals surface area contributed by atoms with Crippen molar-refractivity contribution in [2.24, 2.45) is 0 Å². The fraction of sp³-hybridized carbons (Fsp3) is 0.267. The van der Waals surface area contributed by atoms with Crippen LogP contribution in [0.5, 0.6) is 0 Å². The number of halogens is 1. The van der Waals surface area contributed by atoms with Crippen LogP contribution in [0.15, 0.2) is 83.5 Å². The maximum absolute atomic E-state index is 13.3. The summed E-state index contributed by atoms with van der Waals surface area (Å²) in [5.74, 6) is -0.454.